The lowest BCUT2D eigenvalue weighted by molar-refractivity contribution is 0.0554. The summed E-state index contributed by atoms with van der Waals surface area (Å²) in [5.41, 5.74) is 3.11. The molecule has 0 unspecified atom stereocenters. The number of piperidine rings is 1. The smallest absolute Gasteiger partial charge is 0.158 e. The highest BCUT2D eigenvalue weighted by Gasteiger charge is 2.31. The van der Waals surface area contributed by atoms with Crippen molar-refractivity contribution in [3.63, 3.8) is 0 Å². The first-order valence-electron chi connectivity index (χ1n) is 11.2. The number of aliphatic hydroxyl groups excluding tert-OH is 1. The third-order valence-electron chi connectivity index (χ3n) is 6.27. The zero-order chi connectivity index (χ0) is 22.5. The van der Waals surface area contributed by atoms with Crippen molar-refractivity contribution in [2.45, 2.75) is 32.8 Å². The maximum atomic E-state index is 11.0. The van der Waals surface area contributed by atoms with Gasteiger partial charge in [0, 0.05) is 48.2 Å². The molecule has 32 heavy (non-hydrogen) atoms. The molecule has 0 amide bonds. The molecule has 3 aliphatic rings. The van der Waals surface area contributed by atoms with Crippen LogP contribution >= 0.6 is 11.3 Å². The van der Waals surface area contributed by atoms with Crippen LogP contribution in [0.5, 0.6) is 0 Å². The van der Waals surface area contributed by atoms with Crippen molar-refractivity contribution in [1.29, 1.82) is 0 Å². The second kappa shape index (κ2) is 10.5. The molecular formula is C23H32N6O2S. The number of allylic oxidation sites excluding steroid dienone is 3. The summed E-state index contributed by atoms with van der Waals surface area (Å²) in [5, 5.41) is 24.3. The van der Waals surface area contributed by atoms with Crippen LogP contribution in [0.3, 0.4) is 0 Å². The van der Waals surface area contributed by atoms with E-state index in [-0.39, 0.29) is 5.92 Å². The topological polar surface area (TPSA) is 85.9 Å². The van der Waals surface area contributed by atoms with E-state index in [4.69, 9.17) is 4.74 Å². The predicted octanol–water partition coefficient (Wildman–Crippen LogP) is 3.61. The molecule has 1 aromatic rings. The Morgan fingerprint density at radius 1 is 1.28 bits per heavy atom. The number of amidine groups is 1. The van der Waals surface area contributed by atoms with Crippen molar-refractivity contribution in [1.82, 2.24) is 14.8 Å². The molecule has 8 nitrogen and oxygen atoms in total. The highest BCUT2D eigenvalue weighted by molar-refractivity contribution is 7.11. The standard InChI is InChI=1S/C23H32N6O2S/c1-4-20(28-10-12-31-13-11-28)8-7-18-14-24-27-26-22(18)29-9-5-6-19(15-29)21(30)23-25-16(2)17(3)32-23/h4,7-8,19,21,30H,1,5-6,9-15H2,2-3H3/b18-7+,20-8+/t19-,21-/m0/s1. The monoisotopic (exact) mass is 456 g/mol. The van der Waals surface area contributed by atoms with Crippen molar-refractivity contribution in [2.75, 3.05) is 45.9 Å². The van der Waals surface area contributed by atoms with Crippen LogP contribution < -0.4 is 0 Å². The number of hydrogen-bond acceptors (Lipinski definition) is 9. The fourth-order valence-corrected chi connectivity index (χ4v) is 5.31. The number of ether oxygens (including phenoxy) is 1. The van der Waals surface area contributed by atoms with Crippen LogP contribution in [0.2, 0.25) is 0 Å². The van der Waals surface area contributed by atoms with Gasteiger partial charge < -0.3 is 19.6 Å². The Labute approximate surface area is 193 Å². The fraction of sp³-hybridized carbons (Fsp3) is 0.565. The van der Waals surface area contributed by atoms with Crippen molar-refractivity contribution < 1.29 is 9.84 Å². The Kier molecular flexibility index (Phi) is 7.49. The van der Waals surface area contributed by atoms with Crippen LogP contribution in [-0.4, -0.2) is 71.7 Å². The zero-order valence-corrected chi connectivity index (χ0v) is 19.7. The van der Waals surface area contributed by atoms with Gasteiger partial charge in [-0.2, -0.15) is 5.11 Å². The lowest BCUT2D eigenvalue weighted by atomic mass is 9.92. The Morgan fingerprint density at radius 3 is 2.81 bits per heavy atom. The Balaban J connectivity index is 1.49. The summed E-state index contributed by atoms with van der Waals surface area (Å²) in [7, 11) is 0. The summed E-state index contributed by atoms with van der Waals surface area (Å²) in [4.78, 5) is 10.3. The van der Waals surface area contributed by atoms with E-state index in [0.717, 1.165) is 80.0 Å². The number of hydrogen-bond donors (Lipinski definition) is 1. The fourth-order valence-electron chi connectivity index (χ4n) is 4.31. The minimum atomic E-state index is -0.554. The number of aryl methyl sites for hydroxylation is 2. The van der Waals surface area contributed by atoms with Crippen molar-refractivity contribution >= 4 is 17.2 Å². The quantitative estimate of drug-likeness (QED) is 0.684. The summed E-state index contributed by atoms with van der Waals surface area (Å²) in [6.45, 7) is 13.3. The van der Waals surface area contributed by atoms with Gasteiger partial charge in [-0.05, 0) is 44.1 Å². The molecule has 0 spiro atoms. The number of likely N-dealkylation sites (tertiary alicyclic amines) is 1. The molecule has 0 saturated carbocycles. The zero-order valence-electron chi connectivity index (χ0n) is 18.9. The van der Waals surface area contributed by atoms with E-state index >= 15 is 0 Å². The third kappa shape index (κ3) is 5.16. The predicted molar refractivity (Wildman–Crippen MR) is 127 cm³/mol. The first-order chi connectivity index (χ1) is 15.6. The van der Waals surface area contributed by atoms with Crippen molar-refractivity contribution in [3.8, 4) is 0 Å². The molecule has 2 saturated heterocycles. The van der Waals surface area contributed by atoms with Gasteiger partial charge in [-0.15, -0.1) is 16.4 Å². The van der Waals surface area contributed by atoms with Crippen LogP contribution in [0.4, 0.5) is 0 Å². The van der Waals surface area contributed by atoms with Gasteiger partial charge in [0.15, 0.2) is 5.84 Å². The molecule has 0 aromatic carbocycles. The summed E-state index contributed by atoms with van der Waals surface area (Å²) < 4.78 is 5.46. The van der Waals surface area contributed by atoms with Gasteiger partial charge in [0.05, 0.1) is 25.5 Å². The lowest BCUT2D eigenvalue weighted by Crippen LogP contribution is -2.43. The molecular weight excluding hydrogens is 424 g/mol. The highest BCUT2D eigenvalue weighted by Crippen LogP contribution is 2.33. The average Bonchev–Trinajstić information content (AvgIpc) is 3.18. The molecule has 9 heteroatoms. The van der Waals surface area contributed by atoms with E-state index < -0.39 is 6.10 Å². The number of aromatic nitrogens is 1. The van der Waals surface area contributed by atoms with E-state index in [1.165, 1.54) is 4.88 Å². The van der Waals surface area contributed by atoms with Gasteiger partial charge >= 0.3 is 0 Å². The minimum Gasteiger partial charge on any atom is -0.386 e. The normalized spacial score (nSPS) is 24.6. The van der Waals surface area contributed by atoms with Gasteiger partial charge in [0.1, 0.15) is 11.1 Å². The van der Waals surface area contributed by atoms with Crippen LogP contribution in [0.25, 0.3) is 0 Å². The molecule has 172 valence electrons. The summed E-state index contributed by atoms with van der Waals surface area (Å²) in [6, 6.07) is 0. The Morgan fingerprint density at radius 2 is 2.09 bits per heavy atom. The molecule has 0 aliphatic carbocycles. The van der Waals surface area contributed by atoms with Gasteiger partial charge in [0.2, 0.25) is 0 Å². The van der Waals surface area contributed by atoms with E-state index in [9.17, 15) is 5.11 Å². The van der Waals surface area contributed by atoms with E-state index in [1.54, 1.807) is 11.3 Å². The van der Waals surface area contributed by atoms with Crippen LogP contribution in [-0.2, 0) is 4.74 Å². The first-order valence-corrected chi connectivity index (χ1v) is 12.1. The van der Waals surface area contributed by atoms with Gasteiger partial charge in [-0.3, -0.25) is 0 Å². The Hall–Kier alpha value is -2.36. The maximum Gasteiger partial charge on any atom is 0.158 e. The molecule has 0 bridgehead atoms. The first kappa shape index (κ1) is 22.8. The van der Waals surface area contributed by atoms with E-state index in [2.05, 4.69) is 55.9 Å². The minimum absolute atomic E-state index is 0.115. The second-order valence-electron chi connectivity index (χ2n) is 8.39. The van der Waals surface area contributed by atoms with Crippen molar-refractivity contribution in [3.05, 3.63) is 51.7 Å². The van der Waals surface area contributed by atoms with Crippen LogP contribution in [0.1, 0.15) is 34.5 Å². The second-order valence-corrected chi connectivity index (χ2v) is 9.62. The SMILES string of the molecule is C=C/C(=C\C=C1/CN=NN=C1N1CCC[C@H]([C@H](O)c2nc(C)c(C)s2)C1)N1CCOCC1. The van der Waals surface area contributed by atoms with Crippen molar-refractivity contribution in [2.24, 2.45) is 21.4 Å². The molecule has 4 rings (SSSR count). The average molecular weight is 457 g/mol. The van der Waals surface area contributed by atoms with Gasteiger partial charge in [0.25, 0.3) is 0 Å². The van der Waals surface area contributed by atoms with E-state index in [1.807, 2.05) is 13.0 Å². The number of thiazole rings is 1. The molecule has 0 radical (unpaired) electrons. The molecule has 3 aliphatic heterocycles. The molecule has 2 atom stereocenters. The lowest BCUT2D eigenvalue weighted by Gasteiger charge is -2.37. The summed E-state index contributed by atoms with van der Waals surface area (Å²) in [6.07, 6.45) is 7.46. The highest BCUT2D eigenvalue weighted by atomic mass is 32.1. The molecule has 4 heterocycles. The number of nitrogens with zero attached hydrogens (tertiary/aromatic N) is 6. The maximum absolute atomic E-state index is 11.0. The summed E-state index contributed by atoms with van der Waals surface area (Å²) in [5.74, 6) is 0.967. The van der Waals surface area contributed by atoms with E-state index in [0.29, 0.717) is 6.54 Å². The van der Waals surface area contributed by atoms with Crippen LogP contribution in [0.15, 0.2) is 51.5 Å². The molecule has 1 N–H and O–H groups in total. The molecule has 2 fully saturated rings. The van der Waals surface area contributed by atoms with Crippen LogP contribution in [0, 0.1) is 19.8 Å². The molecule has 1 aromatic heterocycles. The Bertz CT molecular complexity index is 925. The number of morpholine rings is 1. The largest absolute Gasteiger partial charge is 0.386 e. The summed E-state index contributed by atoms with van der Waals surface area (Å²) >= 11 is 1.60. The van der Waals surface area contributed by atoms with Gasteiger partial charge in [-0.25, -0.2) is 4.98 Å². The number of aliphatic hydroxyl groups is 1. The van der Waals surface area contributed by atoms with Gasteiger partial charge in [-0.1, -0.05) is 12.7 Å². The third-order valence-corrected chi connectivity index (χ3v) is 7.42. The number of rotatable bonds is 5.